The Hall–Kier alpha value is -0.610. The van der Waals surface area contributed by atoms with Crippen molar-refractivity contribution in [2.24, 2.45) is 5.73 Å². The maximum atomic E-state index is 12.4. The fourth-order valence-corrected chi connectivity index (χ4v) is 3.00. The molecule has 0 aromatic heterocycles. The van der Waals surface area contributed by atoms with Crippen molar-refractivity contribution < 1.29 is 9.53 Å². The smallest absolute Gasteiger partial charge is 0.252 e. The van der Waals surface area contributed by atoms with Gasteiger partial charge in [0.15, 0.2) is 0 Å². The molecule has 1 aliphatic carbocycles. The highest BCUT2D eigenvalue weighted by Gasteiger charge is 2.35. The first-order valence-corrected chi connectivity index (χ1v) is 6.88. The lowest BCUT2D eigenvalue weighted by Crippen LogP contribution is -2.46. The van der Waals surface area contributed by atoms with E-state index in [-0.39, 0.29) is 18.1 Å². The maximum absolute atomic E-state index is 12.4. The van der Waals surface area contributed by atoms with E-state index in [0.29, 0.717) is 19.1 Å². The summed E-state index contributed by atoms with van der Waals surface area (Å²) in [5, 5.41) is 0. The Kier molecular flexibility index (Phi) is 4.40. The molecule has 0 radical (unpaired) electrons. The van der Waals surface area contributed by atoms with Crippen molar-refractivity contribution in [3.8, 4) is 0 Å². The van der Waals surface area contributed by atoms with Crippen LogP contribution in [0.5, 0.6) is 0 Å². The Balaban J connectivity index is 1.96. The van der Waals surface area contributed by atoms with E-state index in [4.69, 9.17) is 10.5 Å². The molecule has 4 heteroatoms. The number of ether oxygens (including phenoxy) is 1. The Bertz CT molecular complexity index is 264. The number of hydrogen-bond donors (Lipinski definition) is 1. The molecular formula is C13H24N2O2. The summed E-state index contributed by atoms with van der Waals surface area (Å²) in [6.07, 6.45) is 6.62. The van der Waals surface area contributed by atoms with Crippen LogP contribution in [0.1, 0.15) is 45.4 Å². The Morgan fingerprint density at radius 2 is 2.00 bits per heavy atom. The second kappa shape index (κ2) is 5.83. The highest BCUT2D eigenvalue weighted by Crippen LogP contribution is 2.27. The minimum atomic E-state index is -0.211. The molecule has 1 amide bonds. The van der Waals surface area contributed by atoms with E-state index in [1.54, 1.807) is 0 Å². The molecule has 0 spiro atoms. The van der Waals surface area contributed by atoms with Gasteiger partial charge < -0.3 is 15.4 Å². The highest BCUT2D eigenvalue weighted by atomic mass is 16.5. The molecule has 17 heavy (non-hydrogen) atoms. The van der Waals surface area contributed by atoms with Crippen molar-refractivity contribution in [2.45, 2.75) is 63.7 Å². The van der Waals surface area contributed by atoms with Crippen molar-refractivity contribution in [2.75, 3.05) is 13.1 Å². The Morgan fingerprint density at radius 3 is 2.53 bits per heavy atom. The highest BCUT2D eigenvalue weighted by molar-refractivity contribution is 5.81. The van der Waals surface area contributed by atoms with Gasteiger partial charge in [-0.3, -0.25) is 4.79 Å². The zero-order valence-corrected chi connectivity index (χ0v) is 10.7. The van der Waals surface area contributed by atoms with Crippen LogP contribution in [0, 0.1) is 0 Å². The summed E-state index contributed by atoms with van der Waals surface area (Å²) in [4.78, 5) is 14.4. The van der Waals surface area contributed by atoms with Gasteiger partial charge in [0.2, 0.25) is 0 Å². The lowest BCUT2D eigenvalue weighted by molar-refractivity contribution is -0.144. The first-order chi connectivity index (χ1) is 8.22. The molecule has 2 aliphatic rings. The molecule has 2 N–H and O–H groups in total. The SMILES string of the molecule is CC1CCC(C(=O)N(CCN)C2CCCC2)O1. The fourth-order valence-electron chi connectivity index (χ4n) is 3.00. The molecule has 1 saturated heterocycles. The molecule has 0 aromatic carbocycles. The molecule has 1 heterocycles. The van der Waals surface area contributed by atoms with E-state index in [0.717, 1.165) is 25.7 Å². The van der Waals surface area contributed by atoms with E-state index < -0.39 is 0 Å². The van der Waals surface area contributed by atoms with E-state index in [1.807, 2.05) is 11.8 Å². The van der Waals surface area contributed by atoms with Crippen LogP contribution in [0.2, 0.25) is 0 Å². The van der Waals surface area contributed by atoms with E-state index in [9.17, 15) is 4.79 Å². The standard InChI is InChI=1S/C13H24N2O2/c1-10-6-7-12(17-10)13(16)15(9-8-14)11-4-2-3-5-11/h10-12H,2-9,14H2,1H3. The number of carbonyl (C=O) groups is 1. The molecule has 98 valence electrons. The lowest BCUT2D eigenvalue weighted by Gasteiger charge is -2.30. The van der Waals surface area contributed by atoms with Gasteiger partial charge in [0.05, 0.1) is 6.10 Å². The van der Waals surface area contributed by atoms with Crippen LogP contribution in [0.4, 0.5) is 0 Å². The van der Waals surface area contributed by atoms with Crippen molar-refractivity contribution in [3.05, 3.63) is 0 Å². The normalized spacial score (nSPS) is 29.8. The van der Waals surface area contributed by atoms with E-state index in [1.165, 1.54) is 12.8 Å². The molecular weight excluding hydrogens is 216 g/mol. The zero-order valence-electron chi connectivity index (χ0n) is 10.7. The molecule has 2 atom stereocenters. The number of hydrogen-bond acceptors (Lipinski definition) is 3. The summed E-state index contributed by atoms with van der Waals surface area (Å²) in [6, 6.07) is 0.408. The molecule has 1 aliphatic heterocycles. The van der Waals surface area contributed by atoms with Crippen LogP contribution in [-0.4, -0.2) is 42.1 Å². The van der Waals surface area contributed by atoms with Crippen molar-refractivity contribution in [1.82, 2.24) is 4.90 Å². The van der Waals surface area contributed by atoms with Crippen molar-refractivity contribution >= 4 is 5.91 Å². The lowest BCUT2D eigenvalue weighted by atomic mass is 10.1. The minimum Gasteiger partial charge on any atom is -0.365 e. The Morgan fingerprint density at radius 1 is 1.29 bits per heavy atom. The van der Waals surface area contributed by atoms with Gasteiger partial charge in [-0.25, -0.2) is 0 Å². The number of nitrogens with zero attached hydrogens (tertiary/aromatic N) is 1. The molecule has 1 saturated carbocycles. The molecule has 4 nitrogen and oxygen atoms in total. The Labute approximate surface area is 103 Å². The van der Waals surface area contributed by atoms with Gasteiger partial charge in [-0.15, -0.1) is 0 Å². The van der Waals surface area contributed by atoms with Crippen molar-refractivity contribution in [3.63, 3.8) is 0 Å². The summed E-state index contributed by atoms with van der Waals surface area (Å²) in [5.74, 6) is 0.173. The van der Waals surface area contributed by atoms with Crippen LogP contribution in [-0.2, 0) is 9.53 Å². The van der Waals surface area contributed by atoms with Gasteiger partial charge in [0, 0.05) is 19.1 Å². The summed E-state index contributed by atoms with van der Waals surface area (Å²) < 4.78 is 5.68. The molecule has 0 aromatic rings. The third-order valence-electron chi connectivity index (χ3n) is 3.93. The fraction of sp³-hybridized carbons (Fsp3) is 0.923. The van der Waals surface area contributed by atoms with Crippen LogP contribution in [0.25, 0.3) is 0 Å². The van der Waals surface area contributed by atoms with Crippen molar-refractivity contribution in [1.29, 1.82) is 0 Å². The van der Waals surface area contributed by atoms with Crippen LogP contribution in [0.3, 0.4) is 0 Å². The summed E-state index contributed by atoms with van der Waals surface area (Å²) in [7, 11) is 0. The number of nitrogens with two attached hydrogens (primary N) is 1. The average molecular weight is 240 g/mol. The van der Waals surface area contributed by atoms with Gasteiger partial charge in [-0.05, 0) is 32.6 Å². The number of rotatable bonds is 4. The van der Waals surface area contributed by atoms with Gasteiger partial charge in [-0.1, -0.05) is 12.8 Å². The summed E-state index contributed by atoms with van der Waals surface area (Å²) in [6.45, 7) is 3.26. The summed E-state index contributed by atoms with van der Waals surface area (Å²) in [5.41, 5.74) is 5.63. The summed E-state index contributed by atoms with van der Waals surface area (Å²) >= 11 is 0. The molecule has 2 unspecified atom stereocenters. The average Bonchev–Trinajstić information content (AvgIpc) is 2.95. The first kappa shape index (κ1) is 12.8. The number of amides is 1. The van der Waals surface area contributed by atoms with Gasteiger partial charge in [0.1, 0.15) is 6.10 Å². The molecule has 2 rings (SSSR count). The monoisotopic (exact) mass is 240 g/mol. The van der Waals surface area contributed by atoms with Gasteiger partial charge >= 0.3 is 0 Å². The number of carbonyl (C=O) groups excluding carboxylic acids is 1. The predicted octanol–water partition coefficient (Wildman–Crippen LogP) is 1.28. The van der Waals surface area contributed by atoms with Gasteiger partial charge in [0.25, 0.3) is 5.91 Å². The quantitative estimate of drug-likeness (QED) is 0.805. The first-order valence-electron chi connectivity index (χ1n) is 6.88. The predicted molar refractivity (Wildman–Crippen MR) is 66.6 cm³/mol. The molecule has 0 bridgehead atoms. The topological polar surface area (TPSA) is 55.6 Å². The zero-order chi connectivity index (χ0) is 12.3. The third kappa shape index (κ3) is 2.99. The third-order valence-corrected chi connectivity index (χ3v) is 3.93. The van der Waals surface area contributed by atoms with Crippen LogP contribution < -0.4 is 5.73 Å². The van der Waals surface area contributed by atoms with E-state index in [2.05, 4.69) is 0 Å². The largest absolute Gasteiger partial charge is 0.365 e. The second-order valence-electron chi connectivity index (χ2n) is 5.27. The second-order valence-corrected chi connectivity index (χ2v) is 5.27. The minimum absolute atomic E-state index is 0.173. The molecule has 2 fully saturated rings. The van der Waals surface area contributed by atoms with Crippen LogP contribution in [0.15, 0.2) is 0 Å². The van der Waals surface area contributed by atoms with Gasteiger partial charge in [-0.2, -0.15) is 0 Å². The maximum Gasteiger partial charge on any atom is 0.252 e. The van der Waals surface area contributed by atoms with Crippen LogP contribution >= 0.6 is 0 Å². The van der Waals surface area contributed by atoms with E-state index >= 15 is 0 Å².